The molecule has 2 heterocycles. The number of carbonyl (C=O) groups excluding carboxylic acids is 1. The third-order valence-corrected chi connectivity index (χ3v) is 6.41. The Morgan fingerprint density at radius 2 is 1.90 bits per heavy atom. The van der Waals surface area contributed by atoms with Crippen LogP contribution < -0.4 is 5.32 Å². The van der Waals surface area contributed by atoms with Gasteiger partial charge in [0.2, 0.25) is 5.91 Å². The van der Waals surface area contributed by atoms with E-state index in [-0.39, 0.29) is 11.3 Å². The molecule has 1 aliphatic rings. The van der Waals surface area contributed by atoms with Crippen LogP contribution >= 0.6 is 0 Å². The number of fused-ring (bicyclic) bond motifs is 1. The van der Waals surface area contributed by atoms with Gasteiger partial charge in [0.1, 0.15) is 6.33 Å². The largest absolute Gasteiger partial charge is 0.355 e. The first-order valence-corrected chi connectivity index (χ1v) is 10.6. The lowest BCUT2D eigenvalue weighted by Crippen LogP contribution is -2.42. The molecule has 0 radical (unpaired) electrons. The minimum atomic E-state index is 0.0716. The van der Waals surface area contributed by atoms with E-state index in [1.165, 1.54) is 31.2 Å². The summed E-state index contributed by atoms with van der Waals surface area (Å²) in [6, 6.07) is 10.7. The van der Waals surface area contributed by atoms with Crippen molar-refractivity contribution in [3.63, 3.8) is 0 Å². The van der Waals surface area contributed by atoms with Gasteiger partial charge in [0, 0.05) is 29.8 Å². The van der Waals surface area contributed by atoms with Crippen LogP contribution in [0.4, 0.5) is 0 Å². The van der Waals surface area contributed by atoms with Gasteiger partial charge < -0.3 is 5.32 Å². The van der Waals surface area contributed by atoms with Crippen LogP contribution in [0.1, 0.15) is 61.0 Å². The number of nitrogens with zero attached hydrogens (tertiary/aromatic N) is 4. The first-order valence-electron chi connectivity index (χ1n) is 10.6. The van der Waals surface area contributed by atoms with Crippen molar-refractivity contribution in [2.45, 2.75) is 64.2 Å². The topological polar surface area (TPSA) is 72.2 Å². The summed E-state index contributed by atoms with van der Waals surface area (Å²) in [4.78, 5) is 21.4. The lowest BCUT2D eigenvalue weighted by atomic mass is 9.69. The lowest BCUT2D eigenvalue weighted by Gasteiger charge is -2.38. The van der Waals surface area contributed by atoms with Crippen molar-refractivity contribution in [2.24, 2.45) is 0 Å². The van der Waals surface area contributed by atoms with Crippen LogP contribution in [0, 0.1) is 13.8 Å². The van der Waals surface area contributed by atoms with E-state index < -0.39 is 0 Å². The van der Waals surface area contributed by atoms with Crippen LogP contribution in [0.3, 0.4) is 0 Å². The van der Waals surface area contributed by atoms with Gasteiger partial charge in [0.15, 0.2) is 0 Å². The fraction of sp³-hybridized carbons (Fsp3) is 0.478. The first-order chi connectivity index (χ1) is 14.1. The fourth-order valence-corrected chi connectivity index (χ4v) is 4.70. The standard InChI is InChI=1S/C23H29N5O/c1-17-20(18(2)28-22(27-17)25-16-26-28)11-12-21(29)24-15-23(13-7-4-8-14-23)19-9-5-3-6-10-19/h3,5-6,9-10,16H,4,7-8,11-15H2,1-2H3,(H,24,29). The Hall–Kier alpha value is -2.76. The summed E-state index contributed by atoms with van der Waals surface area (Å²) in [5.41, 5.74) is 4.43. The molecule has 1 aromatic carbocycles. The molecule has 1 N–H and O–H groups in total. The molecule has 0 unspecified atom stereocenters. The highest BCUT2D eigenvalue weighted by Crippen LogP contribution is 2.38. The van der Waals surface area contributed by atoms with E-state index in [1.54, 1.807) is 4.52 Å². The van der Waals surface area contributed by atoms with Gasteiger partial charge >= 0.3 is 0 Å². The van der Waals surface area contributed by atoms with Crippen molar-refractivity contribution < 1.29 is 4.79 Å². The first kappa shape index (κ1) is 19.6. The third-order valence-electron chi connectivity index (χ3n) is 6.41. The van der Waals surface area contributed by atoms with E-state index in [2.05, 4.69) is 50.7 Å². The maximum atomic E-state index is 12.7. The molecule has 0 spiro atoms. The second-order valence-corrected chi connectivity index (χ2v) is 8.22. The van der Waals surface area contributed by atoms with Gasteiger partial charge in [-0.25, -0.2) is 9.50 Å². The van der Waals surface area contributed by atoms with E-state index in [9.17, 15) is 4.79 Å². The molecule has 1 aliphatic carbocycles. The van der Waals surface area contributed by atoms with Crippen LogP contribution in [0.5, 0.6) is 0 Å². The third kappa shape index (κ3) is 4.02. The predicted molar refractivity (Wildman–Crippen MR) is 113 cm³/mol. The molecule has 0 saturated heterocycles. The van der Waals surface area contributed by atoms with E-state index in [4.69, 9.17) is 0 Å². The number of amides is 1. The molecule has 1 fully saturated rings. The molecule has 1 amide bonds. The summed E-state index contributed by atoms with van der Waals surface area (Å²) in [6.07, 6.45) is 8.65. The quantitative estimate of drug-likeness (QED) is 0.696. The Morgan fingerprint density at radius 1 is 1.14 bits per heavy atom. The van der Waals surface area contributed by atoms with Crippen molar-refractivity contribution in [1.29, 1.82) is 0 Å². The van der Waals surface area contributed by atoms with Crippen molar-refractivity contribution in [1.82, 2.24) is 24.9 Å². The Labute approximate surface area is 171 Å². The van der Waals surface area contributed by atoms with Crippen LogP contribution in [-0.2, 0) is 16.6 Å². The minimum Gasteiger partial charge on any atom is -0.355 e. The summed E-state index contributed by atoms with van der Waals surface area (Å²) in [6.45, 7) is 4.70. The van der Waals surface area contributed by atoms with Gasteiger partial charge in [-0.05, 0) is 44.2 Å². The minimum absolute atomic E-state index is 0.0716. The Bertz CT molecular complexity index is 989. The van der Waals surface area contributed by atoms with Gasteiger partial charge in [0.05, 0.1) is 0 Å². The van der Waals surface area contributed by atoms with Crippen molar-refractivity contribution in [3.8, 4) is 0 Å². The van der Waals surface area contributed by atoms with E-state index in [1.807, 2.05) is 13.8 Å². The maximum Gasteiger partial charge on any atom is 0.252 e. The fourth-order valence-electron chi connectivity index (χ4n) is 4.70. The zero-order chi connectivity index (χ0) is 20.3. The van der Waals surface area contributed by atoms with Gasteiger partial charge in [0.25, 0.3) is 5.78 Å². The smallest absolute Gasteiger partial charge is 0.252 e. The predicted octanol–water partition coefficient (Wildman–Crippen LogP) is 3.69. The molecule has 2 aromatic heterocycles. The Kier molecular flexibility index (Phi) is 5.60. The molecule has 152 valence electrons. The summed E-state index contributed by atoms with van der Waals surface area (Å²) < 4.78 is 1.74. The molecule has 0 atom stereocenters. The second kappa shape index (κ2) is 8.31. The molecule has 4 rings (SSSR count). The van der Waals surface area contributed by atoms with Gasteiger partial charge in [-0.1, -0.05) is 49.6 Å². The molecule has 1 saturated carbocycles. The van der Waals surface area contributed by atoms with E-state index in [0.717, 1.165) is 29.8 Å². The molecule has 0 aliphatic heterocycles. The SMILES string of the molecule is Cc1nc2ncnn2c(C)c1CCC(=O)NCC1(c2ccccc2)CCCCC1. The number of hydrogen-bond acceptors (Lipinski definition) is 4. The lowest BCUT2D eigenvalue weighted by molar-refractivity contribution is -0.121. The van der Waals surface area contributed by atoms with Crippen LogP contribution in [-0.4, -0.2) is 32.0 Å². The van der Waals surface area contributed by atoms with Crippen molar-refractivity contribution >= 4 is 11.7 Å². The van der Waals surface area contributed by atoms with Crippen LogP contribution in [0.15, 0.2) is 36.7 Å². The average molecular weight is 392 g/mol. The molecule has 6 nitrogen and oxygen atoms in total. The molecule has 3 aromatic rings. The average Bonchev–Trinajstić information content (AvgIpc) is 3.22. The summed E-state index contributed by atoms with van der Waals surface area (Å²) in [7, 11) is 0. The van der Waals surface area contributed by atoms with Gasteiger partial charge in [-0.2, -0.15) is 10.1 Å². The normalized spacial score (nSPS) is 16.1. The van der Waals surface area contributed by atoms with Crippen molar-refractivity contribution in [3.05, 3.63) is 59.2 Å². The molecular formula is C23H29N5O. The Morgan fingerprint density at radius 3 is 2.66 bits per heavy atom. The number of benzene rings is 1. The number of rotatable bonds is 6. The molecular weight excluding hydrogens is 362 g/mol. The highest BCUT2D eigenvalue weighted by molar-refractivity contribution is 5.76. The monoisotopic (exact) mass is 391 g/mol. The highest BCUT2D eigenvalue weighted by atomic mass is 16.1. The van der Waals surface area contributed by atoms with Crippen LogP contribution in [0.2, 0.25) is 0 Å². The van der Waals surface area contributed by atoms with E-state index >= 15 is 0 Å². The summed E-state index contributed by atoms with van der Waals surface area (Å²) in [5, 5.41) is 7.47. The summed E-state index contributed by atoms with van der Waals surface area (Å²) >= 11 is 0. The summed E-state index contributed by atoms with van der Waals surface area (Å²) in [5.74, 6) is 0.707. The zero-order valence-electron chi connectivity index (χ0n) is 17.3. The number of nitrogens with one attached hydrogen (secondary N) is 1. The Balaban J connectivity index is 1.42. The highest BCUT2D eigenvalue weighted by Gasteiger charge is 2.34. The molecule has 6 heteroatoms. The molecule has 0 bridgehead atoms. The zero-order valence-corrected chi connectivity index (χ0v) is 17.3. The van der Waals surface area contributed by atoms with Crippen LogP contribution in [0.25, 0.3) is 5.78 Å². The maximum absolute atomic E-state index is 12.7. The number of aryl methyl sites for hydroxylation is 2. The van der Waals surface area contributed by atoms with Crippen molar-refractivity contribution in [2.75, 3.05) is 6.54 Å². The second-order valence-electron chi connectivity index (χ2n) is 8.22. The number of aromatic nitrogens is 4. The number of carbonyl (C=O) groups is 1. The number of hydrogen-bond donors (Lipinski definition) is 1. The molecule has 29 heavy (non-hydrogen) atoms. The van der Waals surface area contributed by atoms with Gasteiger partial charge in [-0.3, -0.25) is 4.79 Å². The van der Waals surface area contributed by atoms with E-state index in [0.29, 0.717) is 25.2 Å². The van der Waals surface area contributed by atoms with Gasteiger partial charge in [-0.15, -0.1) is 0 Å².